The van der Waals surface area contributed by atoms with E-state index in [0.717, 1.165) is 25.3 Å². The molecule has 20 heavy (non-hydrogen) atoms. The minimum absolute atomic E-state index is 0.265. The van der Waals surface area contributed by atoms with Gasteiger partial charge in [0.25, 0.3) is 5.91 Å². The summed E-state index contributed by atoms with van der Waals surface area (Å²) in [6.45, 7) is 2.43. The van der Waals surface area contributed by atoms with Gasteiger partial charge in [-0.1, -0.05) is 35.7 Å². The summed E-state index contributed by atoms with van der Waals surface area (Å²) in [5.74, 6) is -1.80. The maximum absolute atomic E-state index is 14.0. The number of rotatable bonds is 6. The van der Waals surface area contributed by atoms with Crippen LogP contribution in [0.4, 0.5) is 4.39 Å². The van der Waals surface area contributed by atoms with E-state index in [1.54, 1.807) is 0 Å². The number of carbonyl (C=O) groups excluding carboxylic acids is 1. The normalized spacial score (nSPS) is 11.4. The predicted octanol–water partition coefficient (Wildman–Crippen LogP) is 2.16. The summed E-state index contributed by atoms with van der Waals surface area (Å²) in [6, 6.07) is 2.25. The number of sulfonamides is 1. The van der Waals surface area contributed by atoms with Crippen LogP contribution in [0.2, 0.25) is 0 Å². The molecule has 0 unspecified atom stereocenters. The van der Waals surface area contributed by atoms with Crippen molar-refractivity contribution < 1.29 is 17.6 Å². The van der Waals surface area contributed by atoms with Crippen molar-refractivity contribution in [3.63, 3.8) is 0 Å². The molecule has 0 spiro atoms. The molecule has 0 radical (unpaired) electrons. The average molecular weight is 367 g/mol. The molecule has 0 aromatic heterocycles. The summed E-state index contributed by atoms with van der Waals surface area (Å²) in [6.07, 6.45) is 2.72. The molecule has 0 saturated carbocycles. The molecule has 0 fully saturated rings. The number of amides is 1. The minimum atomic E-state index is -4.23. The van der Waals surface area contributed by atoms with Crippen molar-refractivity contribution in [2.24, 2.45) is 5.14 Å². The van der Waals surface area contributed by atoms with E-state index in [0.29, 0.717) is 6.54 Å². The van der Waals surface area contributed by atoms with Gasteiger partial charge in [0.15, 0.2) is 5.82 Å². The molecule has 0 atom stereocenters. The van der Waals surface area contributed by atoms with E-state index < -0.39 is 26.6 Å². The van der Waals surface area contributed by atoms with E-state index in [2.05, 4.69) is 21.2 Å². The monoisotopic (exact) mass is 366 g/mol. The first kappa shape index (κ1) is 17.1. The number of nitrogens with one attached hydrogen (secondary N) is 1. The third-order valence-electron chi connectivity index (χ3n) is 2.62. The number of carbonyl (C=O) groups is 1. The van der Waals surface area contributed by atoms with E-state index in [9.17, 15) is 17.6 Å². The van der Waals surface area contributed by atoms with Crippen LogP contribution in [0, 0.1) is 5.82 Å². The van der Waals surface area contributed by atoms with Crippen LogP contribution in [0.25, 0.3) is 0 Å². The molecule has 5 nitrogen and oxygen atoms in total. The first-order valence-electron chi connectivity index (χ1n) is 6.07. The van der Waals surface area contributed by atoms with Crippen LogP contribution in [-0.2, 0) is 10.0 Å². The van der Waals surface area contributed by atoms with Crippen LogP contribution in [0.1, 0.15) is 36.5 Å². The number of nitrogens with two attached hydrogens (primary N) is 1. The minimum Gasteiger partial charge on any atom is -0.352 e. The van der Waals surface area contributed by atoms with Gasteiger partial charge in [-0.05, 0) is 18.6 Å². The van der Waals surface area contributed by atoms with Crippen molar-refractivity contribution in [3.8, 4) is 0 Å². The fraction of sp³-hybridized carbons (Fsp3) is 0.417. The zero-order valence-corrected chi connectivity index (χ0v) is 13.4. The number of unbranched alkanes of at least 4 members (excludes halogenated alkanes) is 2. The number of halogens is 2. The molecule has 1 amide bonds. The molecule has 1 rings (SSSR count). The third-order valence-corrected chi connectivity index (χ3v) is 3.99. The summed E-state index contributed by atoms with van der Waals surface area (Å²) in [5.41, 5.74) is -0.347. The molecule has 0 heterocycles. The Morgan fingerprint density at radius 3 is 2.60 bits per heavy atom. The van der Waals surface area contributed by atoms with Crippen LogP contribution >= 0.6 is 15.9 Å². The van der Waals surface area contributed by atoms with Gasteiger partial charge in [0.1, 0.15) is 4.90 Å². The largest absolute Gasteiger partial charge is 0.352 e. The van der Waals surface area contributed by atoms with Crippen LogP contribution in [0.15, 0.2) is 21.5 Å². The van der Waals surface area contributed by atoms with Gasteiger partial charge in [0, 0.05) is 11.0 Å². The highest BCUT2D eigenvalue weighted by Crippen LogP contribution is 2.23. The lowest BCUT2D eigenvalue weighted by Gasteiger charge is -2.09. The molecule has 1 aromatic rings. The highest BCUT2D eigenvalue weighted by molar-refractivity contribution is 9.10. The molecular weight excluding hydrogens is 351 g/mol. The average Bonchev–Trinajstić information content (AvgIpc) is 2.35. The molecule has 0 aliphatic heterocycles. The number of primary sulfonamides is 1. The molecule has 0 aliphatic rings. The molecule has 8 heteroatoms. The fourth-order valence-electron chi connectivity index (χ4n) is 1.61. The summed E-state index contributed by atoms with van der Waals surface area (Å²) in [4.78, 5) is 11.1. The smallest absolute Gasteiger partial charge is 0.254 e. The number of benzene rings is 1. The van der Waals surface area contributed by atoms with Crippen LogP contribution in [-0.4, -0.2) is 20.9 Å². The van der Waals surface area contributed by atoms with Crippen LogP contribution in [0.3, 0.4) is 0 Å². The lowest BCUT2D eigenvalue weighted by molar-refractivity contribution is 0.0948. The van der Waals surface area contributed by atoms with Crippen molar-refractivity contribution in [2.45, 2.75) is 31.1 Å². The van der Waals surface area contributed by atoms with E-state index in [1.165, 1.54) is 6.07 Å². The second-order valence-electron chi connectivity index (χ2n) is 4.27. The highest BCUT2D eigenvalue weighted by atomic mass is 79.9. The van der Waals surface area contributed by atoms with Crippen molar-refractivity contribution in [1.82, 2.24) is 5.32 Å². The Hall–Kier alpha value is -0.990. The maximum atomic E-state index is 14.0. The molecule has 0 bridgehead atoms. The van der Waals surface area contributed by atoms with Gasteiger partial charge in [0.05, 0.1) is 5.56 Å². The van der Waals surface area contributed by atoms with Gasteiger partial charge < -0.3 is 5.32 Å². The third kappa shape index (κ3) is 4.53. The fourth-order valence-corrected chi connectivity index (χ4v) is 2.87. The van der Waals surface area contributed by atoms with Crippen molar-refractivity contribution in [1.29, 1.82) is 0 Å². The zero-order chi connectivity index (χ0) is 15.3. The maximum Gasteiger partial charge on any atom is 0.254 e. The Morgan fingerprint density at radius 1 is 1.40 bits per heavy atom. The Labute approximate surface area is 125 Å². The standard InChI is InChI=1S/C12H16BrFN2O3S/c1-2-3-4-5-16-12(17)9-6-8(13)7-10(11(9)14)20(15,18)19/h6-7H,2-5H2,1H3,(H,16,17)(H2,15,18,19). The summed E-state index contributed by atoms with van der Waals surface area (Å²) >= 11 is 3.03. The summed E-state index contributed by atoms with van der Waals surface area (Å²) in [7, 11) is -4.23. The highest BCUT2D eigenvalue weighted by Gasteiger charge is 2.22. The van der Waals surface area contributed by atoms with Gasteiger partial charge >= 0.3 is 0 Å². The van der Waals surface area contributed by atoms with E-state index in [4.69, 9.17) is 5.14 Å². The lowest BCUT2D eigenvalue weighted by Crippen LogP contribution is -2.26. The first-order valence-corrected chi connectivity index (χ1v) is 8.41. The molecular formula is C12H16BrFN2O3S. The van der Waals surface area contributed by atoms with E-state index >= 15 is 0 Å². The summed E-state index contributed by atoms with van der Waals surface area (Å²) < 4.78 is 36.8. The molecule has 1 aromatic carbocycles. The Kier molecular flexibility index (Phi) is 6.09. The van der Waals surface area contributed by atoms with Gasteiger partial charge in [-0.2, -0.15) is 0 Å². The van der Waals surface area contributed by atoms with Gasteiger partial charge in [-0.15, -0.1) is 0 Å². The Balaban J connectivity index is 3.01. The molecule has 0 aliphatic carbocycles. The van der Waals surface area contributed by atoms with Crippen LogP contribution < -0.4 is 10.5 Å². The summed E-state index contributed by atoms with van der Waals surface area (Å²) in [5, 5.41) is 7.46. The molecule has 3 N–H and O–H groups in total. The number of hydrogen-bond acceptors (Lipinski definition) is 3. The SMILES string of the molecule is CCCCCNC(=O)c1cc(Br)cc(S(N)(=O)=O)c1F. The second kappa shape index (κ2) is 7.14. The van der Waals surface area contributed by atoms with Crippen molar-refractivity contribution in [2.75, 3.05) is 6.54 Å². The van der Waals surface area contributed by atoms with Gasteiger partial charge in [0.2, 0.25) is 10.0 Å². The van der Waals surface area contributed by atoms with E-state index in [1.807, 2.05) is 6.92 Å². The van der Waals surface area contributed by atoms with Crippen molar-refractivity contribution in [3.05, 3.63) is 28.0 Å². The van der Waals surface area contributed by atoms with Crippen LogP contribution in [0.5, 0.6) is 0 Å². The molecule has 112 valence electrons. The molecule has 0 saturated heterocycles. The number of hydrogen-bond donors (Lipinski definition) is 2. The quantitative estimate of drug-likeness (QED) is 0.755. The predicted molar refractivity (Wildman–Crippen MR) is 77.3 cm³/mol. The van der Waals surface area contributed by atoms with Gasteiger partial charge in [-0.25, -0.2) is 17.9 Å². The topological polar surface area (TPSA) is 89.3 Å². The zero-order valence-electron chi connectivity index (χ0n) is 10.9. The second-order valence-corrected chi connectivity index (χ2v) is 6.72. The Bertz CT molecular complexity index is 605. The Morgan fingerprint density at radius 2 is 2.05 bits per heavy atom. The van der Waals surface area contributed by atoms with Gasteiger partial charge in [-0.3, -0.25) is 4.79 Å². The lowest BCUT2D eigenvalue weighted by atomic mass is 10.2. The first-order chi connectivity index (χ1) is 9.27. The van der Waals surface area contributed by atoms with Crippen molar-refractivity contribution >= 4 is 31.9 Å². The van der Waals surface area contributed by atoms with E-state index in [-0.39, 0.29) is 10.0 Å².